The van der Waals surface area contributed by atoms with Crippen molar-refractivity contribution in [1.29, 1.82) is 0 Å². The first kappa shape index (κ1) is 12.7. The van der Waals surface area contributed by atoms with E-state index in [0.717, 1.165) is 6.20 Å². The van der Waals surface area contributed by atoms with Crippen LogP contribution in [0.15, 0.2) is 47.4 Å². The van der Waals surface area contributed by atoms with Crippen LogP contribution in [0.5, 0.6) is 0 Å². The maximum Gasteiger partial charge on any atom is 0.354 e. The molecule has 2 N–H and O–H groups in total. The summed E-state index contributed by atoms with van der Waals surface area (Å²) in [6, 6.07) is 9.10. The number of nitrogens with two attached hydrogens (primary N) is 1. The van der Waals surface area contributed by atoms with Crippen LogP contribution in [0.4, 0.5) is 10.2 Å². The standard InChI is InChI=1S/C12H10FN3O3/c13-11(16-7-6-9(14)15-12(16)18)19-10(17)8-4-2-1-3-5-8/h1-7,11H,(H2,14,15,18). The number of esters is 1. The van der Waals surface area contributed by atoms with Crippen molar-refractivity contribution in [2.24, 2.45) is 0 Å². The number of aromatic nitrogens is 2. The number of rotatable bonds is 3. The number of carbonyl (C=O) groups is 1. The number of hydrogen-bond donors (Lipinski definition) is 1. The second kappa shape index (κ2) is 5.30. The molecule has 7 heteroatoms. The minimum absolute atomic E-state index is 0.0390. The zero-order chi connectivity index (χ0) is 13.8. The van der Waals surface area contributed by atoms with Crippen LogP contribution in [0.2, 0.25) is 0 Å². The number of anilines is 1. The third kappa shape index (κ3) is 2.95. The molecule has 2 aromatic rings. The maximum atomic E-state index is 13.7. The molecule has 2 rings (SSSR count). The minimum Gasteiger partial charge on any atom is -0.408 e. The number of nitrogen functional groups attached to an aromatic ring is 1. The molecule has 0 saturated carbocycles. The first-order valence-corrected chi connectivity index (χ1v) is 5.32. The third-order valence-electron chi connectivity index (χ3n) is 2.28. The smallest absolute Gasteiger partial charge is 0.354 e. The van der Waals surface area contributed by atoms with Gasteiger partial charge in [-0.3, -0.25) is 0 Å². The second-order valence-corrected chi connectivity index (χ2v) is 3.61. The lowest BCUT2D eigenvalue weighted by Gasteiger charge is -2.11. The number of hydrogen-bond acceptors (Lipinski definition) is 5. The van der Waals surface area contributed by atoms with Crippen molar-refractivity contribution >= 4 is 11.8 Å². The molecular formula is C12H10FN3O3. The van der Waals surface area contributed by atoms with Crippen molar-refractivity contribution in [1.82, 2.24) is 9.55 Å². The molecular weight excluding hydrogens is 253 g/mol. The molecule has 1 aromatic carbocycles. The van der Waals surface area contributed by atoms with Crippen LogP contribution in [-0.2, 0) is 4.74 Å². The molecule has 0 aliphatic rings. The van der Waals surface area contributed by atoms with Gasteiger partial charge >= 0.3 is 18.1 Å². The van der Waals surface area contributed by atoms with E-state index >= 15 is 0 Å². The maximum absolute atomic E-state index is 13.7. The summed E-state index contributed by atoms with van der Waals surface area (Å²) in [6.07, 6.45) is 1.06. The van der Waals surface area contributed by atoms with Gasteiger partial charge in [-0.25, -0.2) is 14.2 Å². The van der Waals surface area contributed by atoms with E-state index in [4.69, 9.17) is 5.73 Å². The lowest BCUT2D eigenvalue weighted by Crippen LogP contribution is -2.27. The average Bonchev–Trinajstić information content (AvgIpc) is 2.39. The van der Waals surface area contributed by atoms with Crippen LogP contribution < -0.4 is 11.4 Å². The number of carbonyl (C=O) groups excluding carboxylic acids is 1. The van der Waals surface area contributed by atoms with Crippen LogP contribution in [0.1, 0.15) is 16.8 Å². The third-order valence-corrected chi connectivity index (χ3v) is 2.28. The molecule has 0 aliphatic heterocycles. The molecule has 1 aromatic heterocycles. The van der Waals surface area contributed by atoms with E-state index < -0.39 is 18.1 Å². The molecule has 0 bridgehead atoms. The molecule has 98 valence electrons. The normalized spacial score (nSPS) is 11.8. The van der Waals surface area contributed by atoms with Gasteiger partial charge in [0.1, 0.15) is 5.82 Å². The Balaban J connectivity index is 2.15. The van der Waals surface area contributed by atoms with Crippen molar-refractivity contribution in [2.45, 2.75) is 6.48 Å². The van der Waals surface area contributed by atoms with Crippen molar-refractivity contribution in [3.8, 4) is 0 Å². The summed E-state index contributed by atoms with van der Waals surface area (Å²) in [5, 5.41) is 0. The Kier molecular flexibility index (Phi) is 3.56. The van der Waals surface area contributed by atoms with Gasteiger partial charge in [-0.2, -0.15) is 9.37 Å². The largest absolute Gasteiger partial charge is 0.408 e. The fourth-order valence-corrected chi connectivity index (χ4v) is 1.37. The van der Waals surface area contributed by atoms with Crippen LogP contribution in [0.25, 0.3) is 0 Å². The van der Waals surface area contributed by atoms with Gasteiger partial charge in [-0.1, -0.05) is 18.2 Å². The summed E-state index contributed by atoms with van der Waals surface area (Å²) in [6.45, 7) is -2.26. The van der Waals surface area contributed by atoms with E-state index in [1.807, 2.05) is 0 Å². The molecule has 0 aliphatic carbocycles. The fraction of sp³-hybridized carbons (Fsp3) is 0.0833. The monoisotopic (exact) mass is 263 g/mol. The molecule has 0 saturated heterocycles. The Morgan fingerprint density at radius 3 is 2.63 bits per heavy atom. The Morgan fingerprint density at radius 2 is 2.00 bits per heavy atom. The molecule has 0 spiro atoms. The van der Waals surface area contributed by atoms with Crippen molar-refractivity contribution in [3.05, 3.63) is 58.6 Å². The molecule has 19 heavy (non-hydrogen) atoms. The average molecular weight is 263 g/mol. The lowest BCUT2D eigenvalue weighted by molar-refractivity contribution is -0.0594. The summed E-state index contributed by atoms with van der Waals surface area (Å²) >= 11 is 0. The van der Waals surface area contributed by atoms with Crippen molar-refractivity contribution in [3.63, 3.8) is 0 Å². The van der Waals surface area contributed by atoms with Crippen molar-refractivity contribution in [2.75, 3.05) is 5.73 Å². The molecule has 0 fully saturated rings. The van der Waals surface area contributed by atoms with Gasteiger partial charge in [0.05, 0.1) is 5.56 Å². The van der Waals surface area contributed by atoms with Gasteiger partial charge < -0.3 is 10.5 Å². The number of nitrogens with zero attached hydrogens (tertiary/aromatic N) is 2. The quantitative estimate of drug-likeness (QED) is 0.838. The van der Waals surface area contributed by atoms with E-state index in [-0.39, 0.29) is 11.4 Å². The second-order valence-electron chi connectivity index (χ2n) is 3.61. The number of benzene rings is 1. The Labute approximate surface area is 107 Å². The Bertz CT molecular complexity index is 642. The highest BCUT2D eigenvalue weighted by Gasteiger charge is 2.17. The molecule has 1 unspecified atom stereocenters. The molecule has 0 amide bonds. The summed E-state index contributed by atoms with van der Waals surface area (Å²) in [4.78, 5) is 26.3. The van der Waals surface area contributed by atoms with Gasteiger partial charge in [0.15, 0.2) is 0 Å². The zero-order valence-electron chi connectivity index (χ0n) is 9.69. The van der Waals surface area contributed by atoms with E-state index in [1.54, 1.807) is 18.2 Å². The van der Waals surface area contributed by atoms with E-state index in [9.17, 15) is 14.0 Å². The van der Waals surface area contributed by atoms with E-state index in [0.29, 0.717) is 4.57 Å². The van der Waals surface area contributed by atoms with Gasteiger partial charge in [0, 0.05) is 6.20 Å². The SMILES string of the molecule is Nc1ccn(C(F)OC(=O)c2ccccc2)c(=O)n1. The van der Waals surface area contributed by atoms with E-state index in [2.05, 4.69) is 9.72 Å². The predicted octanol–water partition coefficient (Wildman–Crippen LogP) is 1.11. The highest BCUT2D eigenvalue weighted by atomic mass is 19.1. The molecule has 1 atom stereocenters. The predicted molar refractivity (Wildman–Crippen MR) is 64.9 cm³/mol. The van der Waals surface area contributed by atoms with E-state index in [1.165, 1.54) is 18.2 Å². The van der Waals surface area contributed by atoms with Gasteiger partial charge in [0.2, 0.25) is 0 Å². The summed E-state index contributed by atoms with van der Waals surface area (Å²) in [5.74, 6) is -0.917. The minimum atomic E-state index is -2.26. The number of halogens is 1. The zero-order valence-corrected chi connectivity index (χ0v) is 9.69. The lowest BCUT2D eigenvalue weighted by atomic mass is 10.2. The molecule has 0 radical (unpaired) electrons. The fourth-order valence-electron chi connectivity index (χ4n) is 1.37. The topological polar surface area (TPSA) is 87.2 Å². The van der Waals surface area contributed by atoms with Gasteiger partial charge in [0.25, 0.3) is 0 Å². The van der Waals surface area contributed by atoms with Gasteiger partial charge in [-0.15, -0.1) is 0 Å². The van der Waals surface area contributed by atoms with Crippen LogP contribution in [-0.4, -0.2) is 15.5 Å². The van der Waals surface area contributed by atoms with Gasteiger partial charge in [-0.05, 0) is 18.2 Å². The summed E-state index contributed by atoms with van der Waals surface area (Å²) in [7, 11) is 0. The highest BCUT2D eigenvalue weighted by Crippen LogP contribution is 2.11. The van der Waals surface area contributed by atoms with Crippen LogP contribution in [0.3, 0.4) is 0 Å². The molecule has 1 heterocycles. The Hall–Kier alpha value is -2.70. The summed E-state index contributed by atoms with van der Waals surface area (Å²) in [5.41, 5.74) is 4.51. The van der Waals surface area contributed by atoms with Crippen LogP contribution >= 0.6 is 0 Å². The Morgan fingerprint density at radius 1 is 1.32 bits per heavy atom. The number of alkyl halides is 1. The van der Waals surface area contributed by atoms with Crippen molar-refractivity contribution < 1.29 is 13.9 Å². The first-order valence-electron chi connectivity index (χ1n) is 5.32. The highest BCUT2D eigenvalue weighted by molar-refractivity contribution is 5.89. The summed E-state index contributed by atoms with van der Waals surface area (Å²) < 4.78 is 18.7. The molecule has 6 nitrogen and oxygen atoms in total. The number of ether oxygens (including phenoxy) is 1. The first-order chi connectivity index (χ1) is 9.08. The van der Waals surface area contributed by atoms with Crippen LogP contribution in [0, 0.1) is 0 Å².